The Bertz CT molecular complexity index is 621. The van der Waals surface area contributed by atoms with E-state index in [1.54, 1.807) is 0 Å². The highest BCUT2D eigenvalue weighted by atomic mass is 16.5. The van der Waals surface area contributed by atoms with Crippen molar-refractivity contribution in [2.75, 3.05) is 39.4 Å². The smallest absolute Gasteiger partial charge is 0.260 e. The highest BCUT2D eigenvalue weighted by Gasteiger charge is 2.52. The SMILES string of the molecule is Cc1cccc(OCC(=O)N2CC3(C[C@H](N4CCCCC4)CO3)C2)c1. The van der Waals surface area contributed by atoms with Crippen LogP contribution < -0.4 is 4.74 Å². The lowest BCUT2D eigenvalue weighted by atomic mass is 9.88. The van der Waals surface area contributed by atoms with Gasteiger partial charge in [0.15, 0.2) is 6.61 Å². The highest BCUT2D eigenvalue weighted by molar-refractivity contribution is 5.79. The molecular formula is C20H28N2O3. The van der Waals surface area contributed by atoms with Crippen LogP contribution in [-0.2, 0) is 9.53 Å². The molecule has 3 aliphatic heterocycles. The second kappa shape index (κ2) is 6.96. The maximum atomic E-state index is 12.3. The van der Waals surface area contributed by atoms with Crippen LogP contribution in [0.25, 0.3) is 0 Å². The first-order chi connectivity index (χ1) is 12.1. The fraction of sp³-hybridized carbons (Fsp3) is 0.650. The molecule has 4 rings (SSSR count). The fourth-order valence-corrected chi connectivity index (χ4v) is 4.33. The molecule has 3 heterocycles. The van der Waals surface area contributed by atoms with E-state index in [2.05, 4.69) is 4.90 Å². The summed E-state index contributed by atoms with van der Waals surface area (Å²) in [6.45, 7) is 6.79. The molecule has 136 valence electrons. The third-order valence-electron chi connectivity index (χ3n) is 5.76. The molecule has 5 heteroatoms. The number of benzene rings is 1. The Hall–Kier alpha value is -1.59. The first kappa shape index (κ1) is 16.9. The Morgan fingerprint density at radius 3 is 2.84 bits per heavy atom. The highest BCUT2D eigenvalue weighted by Crippen LogP contribution is 2.37. The first-order valence-electron chi connectivity index (χ1n) is 9.49. The van der Waals surface area contributed by atoms with E-state index >= 15 is 0 Å². The quantitative estimate of drug-likeness (QED) is 0.840. The molecule has 3 saturated heterocycles. The van der Waals surface area contributed by atoms with Gasteiger partial charge >= 0.3 is 0 Å². The number of hydrogen-bond donors (Lipinski definition) is 0. The van der Waals surface area contributed by atoms with Gasteiger partial charge in [0.2, 0.25) is 0 Å². The number of carbonyl (C=O) groups excluding carboxylic acids is 1. The van der Waals surface area contributed by atoms with E-state index < -0.39 is 0 Å². The molecule has 3 aliphatic rings. The standard InChI is InChI=1S/C20H28N2O3/c1-16-6-5-7-18(10-16)24-13-19(23)22-14-20(15-22)11-17(12-25-20)21-8-3-2-4-9-21/h5-7,10,17H,2-4,8-9,11-15H2,1H3/t17-/m0/s1. The molecule has 0 unspecified atom stereocenters. The molecule has 1 aromatic rings. The molecule has 25 heavy (non-hydrogen) atoms. The van der Waals surface area contributed by atoms with E-state index in [1.807, 2.05) is 36.1 Å². The van der Waals surface area contributed by atoms with Gasteiger partial charge in [-0.3, -0.25) is 9.69 Å². The number of ether oxygens (including phenoxy) is 2. The van der Waals surface area contributed by atoms with Crippen molar-refractivity contribution in [3.63, 3.8) is 0 Å². The normalized spacial score (nSPS) is 25.8. The van der Waals surface area contributed by atoms with Crippen molar-refractivity contribution in [1.29, 1.82) is 0 Å². The second-order valence-corrected chi connectivity index (χ2v) is 7.80. The number of amides is 1. The van der Waals surface area contributed by atoms with E-state index in [0.29, 0.717) is 19.1 Å². The molecule has 0 N–H and O–H groups in total. The number of carbonyl (C=O) groups is 1. The molecular weight excluding hydrogens is 316 g/mol. The molecule has 0 bridgehead atoms. The zero-order valence-electron chi connectivity index (χ0n) is 15.1. The summed E-state index contributed by atoms with van der Waals surface area (Å²) < 4.78 is 11.8. The summed E-state index contributed by atoms with van der Waals surface area (Å²) in [5, 5.41) is 0. The second-order valence-electron chi connectivity index (χ2n) is 7.80. The van der Waals surface area contributed by atoms with Gasteiger partial charge in [-0.05, 0) is 57.0 Å². The van der Waals surface area contributed by atoms with Crippen LogP contribution in [0.1, 0.15) is 31.2 Å². The lowest BCUT2D eigenvalue weighted by molar-refractivity contribution is -0.159. The predicted molar refractivity (Wildman–Crippen MR) is 95.8 cm³/mol. The Labute approximate surface area is 149 Å². The number of nitrogens with zero attached hydrogens (tertiary/aromatic N) is 2. The van der Waals surface area contributed by atoms with Crippen LogP contribution in [0.3, 0.4) is 0 Å². The van der Waals surface area contributed by atoms with E-state index in [1.165, 1.54) is 32.4 Å². The van der Waals surface area contributed by atoms with Gasteiger partial charge in [-0.1, -0.05) is 18.6 Å². The number of piperidine rings is 1. The molecule has 3 fully saturated rings. The van der Waals surface area contributed by atoms with Gasteiger partial charge in [-0.2, -0.15) is 0 Å². The average molecular weight is 344 g/mol. The van der Waals surface area contributed by atoms with E-state index in [4.69, 9.17) is 9.47 Å². The topological polar surface area (TPSA) is 42.0 Å². The summed E-state index contributed by atoms with van der Waals surface area (Å²) in [6.07, 6.45) is 5.04. The Balaban J connectivity index is 1.23. The van der Waals surface area contributed by atoms with Crippen molar-refractivity contribution in [2.45, 2.75) is 44.2 Å². The Morgan fingerprint density at radius 1 is 1.28 bits per heavy atom. The van der Waals surface area contributed by atoms with Crippen LogP contribution >= 0.6 is 0 Å². The van der Waals surface area contributed by atoms with Gasteiger partial charge in [0.05, 0.1) is 19.7 Å². The molecule has 1 atom stereocenters. The van der Waals surface area contributed by atoms with Crippen LogP contribution in [-0.4, -0.2) is 66.7 Å². The van der Waals surface area contributed by atoms with Crippen molar-refractivity contribution in [2.24, 2.45) is 0 Å². The van der Waals surface area contributed by atoms with Gasteiger partial charge < -0.3 is 14.4 Å². The lowest BCUT2D eigenvalue weighted by Gasteiger charge is -2.47. The molecule has 0 aromatic heterocycles. The number of rotatable bonds is 4. The Kier molecular flexibility index (Phi) is 4.69. The van der Waals surface area contributed by atoms with Gasteiger partial charge in [0, 0.05) is 6.04 Å². The number of likely N-dealkylation sites (tertiary alicyclic amines) is 2. The lowest BCUT2D eigenvalue weighted by Crippen LogP contribution is -2.64. The van der Waals surface area contributed by atoms with E-state index in [0.717, 1.165) is 24.3 Å². The van der Waals surface area contributed by atoms with Gasteiger partial charge in [-0.25, -0.2) is 0 Å². The minimum atomic E-state index is -0.0961. The largest absolute Gasteiger partial charge is 0.484 e. The summed E-state index contributed by atoms with van der Waals surface area (Å²) in [7, 11) is 0. The van der Waals surface area contributed by atoms with Gasteiger partial charge in [0.25, 0.3) is 5.91 Å². The molecule has 5 nitrogen and oxygen atoms in total. The van der Waals surface area contributed by atoms with E-state index in [-0.39, 0.29) is 18.1 Å². The maximum Gasteiger partial charge on any atom is 0.260 e. The van der Waals surface area contributed by atoms with Crippen molar-refractivity contribution in [3.05, 3.63) is 29.8 Å². The molecule has 0 aliphatic carbocycles. The van der Waals surface area contributed by atoms with Crippen molar-refractivity contribution in [1.82, 2.24) is 9.80 Å². The number of hydrogen-bond acceptors (Lipinski definition) is 4. The van der Waals surface area contributed by atoms with E-state index in [9.17, 15) is 4.79 Å². The molecule has 1 amide bonds. The van der Waals surface area contributed by atoms with Crippen LogP contribution in [0.5, 0.6) is 5.75 Å². The van der Waals surface area contributed by atoms with Gasteiger partial charge in [-0.15, -0.1) is 0 Å². The summed E-state index contributed by atoms with van der Waals surface area (Å²) in [6, 6.07) is 8.35. The minimum absolute atomic E-state index is 0.0529. The zero-order valence-corrected chi connectivity index (χ0v) is 15.1. The molecule has 0 radical (unpaired) electrons. The van der Waals surface area contributed by atoms with Gasteiger partial charge in [0.1, 0.15) is 11.4 Å². The third kappa shape index (κ3) is 3.67. The fourth-order valence-electron chi connectivity index (χ4n) is 4.33. The minimum Gasteiger partial charge on any atom is -0.484 e. The maximum absolute atomic E-state index is 12.3. The first-order valence-corrected chi connectivity index (χ1v) is 9.49. The van der Waals surface area contributed by atoms with Crippen LogP contribution in [0.4, 0.5) is 0 Å². The van der Waals surface area contributed by atoms with Crippen molar-refractivity contribution < 1.29 is 14.3 Å². The molecule has 1 aromatic carbocycles. The predicted octanol–water partition coefficient (Wildman–Crippen LogP) is 2.23. The summed E-state index contributed by atoms with van der Waals surface area (Å²) in [5.41, 5.74) is 1.04. The summed E-state index contributed by atoms with van der Waals surface area (Å²) in [4.78, 5) is 16.8. The van der Waals surface area contributed by atoms with Crippen LogP contribution in [0.2, 0.25) is 0 Å². The van der Waals surface area contributed by atoms with Crippen LogP contribution in [0, 0.1) is 6.92 Å². The number of aryl methyl sites for hydroxylation is 1. The van der Waals surface area contributed by atoms with Crippen molar-refractivity contribution >= 4 is 5.91 Å². The third-order valence-corrected chi connectivity index (χ3v) is 5.76. The zero-order chi connectivity index (χ0) is 17.3. The summed E-state index contributed by atoms with van der Waals surface area (Å²) in [5.74, 6) is 0.808. The van der Waals surface area contributed by atoms with Crippen LogP contribution in [0.15, 0.2) is 24.3 Å². The molecule has 0 saturated carbocycles. The summed E-state index contributed by atoms with van der Waals surface area (Å²) >= 11 is 0. The molecule has 1 spiro atoms. The Morgan fingerprint density at radius 2 is 2.08 bits per heavy atom. The average Bonchev–Trinajstić information content (AvgIpc) is 3.05. The monoisotopic (exact) mass is 344 g/mol. The van der Waals surface area contributed by atoms with Crippen molar-refractivity contribution in [3.8, 4) is 5.75 Å².